The number of nitrogens with zero attached hydrogens (tertiary/aromatic N) is 1. The Hall–Kier alpha value is -1.66. The summed E-state index contributed by atoms with van der Waals surface area (Å²) >= 11 is 0. The van der Waals surface area contributed by atoms with Crippen LogP contribution in [-0.2, 0) is 16.1 Å². The standard InChI is InChI=1S/C12H18N2O4/c1-9(7-17-3)18-8-10-6-11(14(15)16)4-5-12(10)13-2/h4-6,9,13H,7-8H2,1-3H3. The molecule has 1 atom stereocenters. The molecule has 0 aliphatic rings. The summed E-state index contributed by atoms with van der Waals surface area (Å²) in [4.78, 5) is 10.3. The second-order valence-corrected chi connectivity index (χ2v) is 3.93. The lowest BCUT2D eigenvalue weighted by Crippen LogP contribution is -2.15. The van der Waals surface area contributed by atoms with Crippen molar-refractivity contribution >= 4 is 11.4 Å². The lowest BCUT2D eigenvalue weighted by molar-refractivity contribution is -0.384. The van der Waals surface area contributed by atoms with Gasteiger partial charge in [-0.05, 0) is 13.0 Å². The predicted octanol–water partition coefficient (Wildman–Crippen LogP) is 2.19. The first-order valence-electron chi connectivity index (χ1n) is 5.64. The summed E-state index contributed by atoms with van der Waals surface area (Å²) in [5, 5.41) is 13.7. The molecule has 0 radical (unpaired) electrons. The first kappa shape index (κ1) is 14.4. The van der Waals surface area contributed by atoms with Crippen molar-refractivity contribution in [3.8, 4) is 0 Å². The van der Waals surface area contributed by atoms with Crippen LogP contribution in [0.4, 0.5) is 11.4 Å². The highest BCUT2D eigenvalue weighted by Crippen LogP contribution is 2.22. The first-order valence-corrected chi connectivity index (χ1v) is 5.64. The van der Waals surface area contributed by atoms with Gasteiger partial charge in [-0.25, -0.2) is 0 Å². The molecule has 1 rings (SSSR count). The smallest absolute Gasteiger partial charge is 0.269 e. The Morgan fingerprint density at radius 1 is 1.50 bits per heavy atom. The van der Waals surface area contributed by atoms with Gasteiger partial charge < -0.3 is 14.8 Å². The minimum atomic E-state index is -0.415. The van der Waals surface area contributed by atoms with E-state index in [1.807, 2.05) is 6.92 Å². The summed E-state index contributed by atoms with van der Waals surface area (Å²) in [5.41, 5.74) is 1.65. The van der Waals surface area contributed by atoms with E-state index in [1.54, 1.807) is 20.2 Å². The number of hydrogen-bond acceptors (Lipinski definition) is 5. The zero-order valence-corrected chi connectivity index (χ0v) is 10.8. The fraction of sp³-hybridized carbons (Fsp3) is 0.500. The number of non-ortho nitro benzene ring substituents is 1. The van der Waals surface area contributed by atoms with Crippen molar-refractivity contribution in [1.82, 2.24) is 0 Å². The van der Waals surface area contributed by atoms with E-state index in [1.165, 1.54) is 12.1 Å². The lowest BCUT2D eigenvalue weighted by atomic mass is 10.1. The quantitative estimate of drug-likeness (QED) is 0.596. The van der Waals surface area contributed by atoms with Gasteiger partial charge in [0.05, 0.1) is 24.2 Å². The Balaban J connectivity index is 2.78. The van der Waals surface area contributed by atoms with Crippen LogP contribution < -0.4 is 5.32 Å². The third kappa shape index (κ3) is 3.97. The van der Waals surface area contributed by atoms with Crippen molar-refractivity contribution in [2.75, 3.05) is 26.1 Å². The number of hydrogen-bond donors (Lipinski definition) is 1. The third-order valence-corrected chi connectivity index (χ3v) is 2.49. The number of methoxy groups -OCH3 is 1. The molecule has 6 heteroatoms. The molecular weight excluding hydrogens is 236 g/mol. The molecule has 18 heavy (non-hydrogen) atoms. The molecule has 0 heterocycles. The maximum Gasteiger partial charge on any atom is 0.269 e. The van der Waals surface area contributed by atoms with Crippen molar-refractivity contribution in [2.45, 2.75) is 19.6 Å². The van der Waals surface area contributed by atoms with Crippen LogP contribution in [0.1, 0.15) is 12.5 Å². The molecule has 1 N–H and O–H groups in total. The van der Waals surface area contributed by atoms with Crippen LogP contribution in [0, 0.1) is 10.1 Å². The topological polar surface area (TPSA) is 73.6 Å². The molecular formula is C12H18N2O4. The number of nitrogens with one attached hydrogen (secondary N) is 1. The van der Waals surface area contributed by atoms with Gasteiger partial charge in [-0.1, -0.05) is 0 Å². The van der Waals surface area contributed by atoms with E-state index < -0.39 is 4.92 Å². The van der Waals surface area contributed by atoms with E-state index in [-0.39, 0.29) is 11.8 Å². The van der Waals surface area contributed by atoms with Gasteiger partial charge >= 0.3 is 0 Å². The summed E-state index contributed by atoms with van der Waals surface area (Å²) in [7, 11) is 3.37. The first-order chi connectivity index (χ1) is 8.58. The van der Waals surface area contributed by atoms with Gasteiger partial charge in [-0.15, -0.1) is 0 Å². The number of anilines is 1. The van der Waals surface area contributed by atoms with E-state index >= 15 is 0 Å². The molecule has 0 aliphatic carbocycles. The molecule has 0 aromatic heterocycles. The average Bonchev–Trinajstić information content (AvgIpc) is 2.36. The van der Waals surface area contributed by atoms with E-state index in [0.717, 1.165) is 11.3 Å². The molecule has 0 saturated heterocycles. The molecule has 1 aromatic rings. The monoisotopic (exact) mass is 254 g/mol. The SMILES string of the molecule is CNc1ccc([N+](=O)[O-])cc1COC(C)COC. The van der Waals surface area contributed by atoms with Crippen LogP contribution in [0.5, 0.6) is 0 Å². The normalized spacial score (nSPS) is 12.2. The summed E-state index contributed by atoms with van der Waals surface area (Å²) in [6.07, 6.45) is -0.0565. The molecule has 0 fully saturated rings. The van der Waals surface area contributed by atoms with Crippen molar-refractivity contribution in [2.24, 2.45) is 0 Å². The number of nitro groups is 1. The fourth-order valence-corrected chi connectivity index (χ4v) is 1.57. The molecule has 0 bridgehead atoms. The summed E-state index contributed by atoms with van der Waals surface area (Å²) < 4.78 is 10.5. The van der Waals surface area contributed by atoms with Crippen molar-refractivity contribution < 1.29 is 14.4 Å². The maximum absolute atomic E-state index is 10.7. The minimum Gasteiger partial charge on any atom is -0.388 e. The van der Waals surface area contributed by atoms with Gasteiger partial charge in [-0.3, -0.25) is 10.1 Å². The number of ether oxygens (including phenoxy) is 2. The molecule has 0 amide bonds. The number of rotatable bonds is 7. The third-order valence-electron chi connectivity index (χ3n) is 2.49. The lowest BCUT2D eigenvalue weighted by Gasteiger charge is -2.14. The Labute approximate surface area is 106 Å². The summed E-state index contributed by atoms with van der Waals surface area (Å²) in [6.45, 7) is 2.69. The summed E-state index contributed by atoms with van der Waals surface area (Å²) in [5.74, 6) is 0. The largest absolute Gasteiger partial charge is 0.388 e. The maximum atomic E-state index is 10.7. The fourth-order valence-electron chi connectivity index (χ4n) is 1.57. The van der Waals surface area contributed by atoms with E-state index in [2.05, 4.69) is 5.32 Å². The molecule has 0 saturated carbocycles. The van der Waals surface area contributed by atoms with E-state index in [9.17, 15) is 10.1 Å². The van der Waals surface area contributed by atoms with Crippen LogP contribution in [0.15, 0.2) is 18.2 Å². The molecule has 100 valence electrons. The van der Waals surface area contributed by atoms with Crippen LogP contribution in [0.25, 0.3) is 0 Å². The highest BCUT2D eigenvalue weighted by molar-refractivity contribution is 5.55. The molecule has 1 aromatic carbocycles. The van der Waals surface area contributed by atoms with Crippen LogP contribution >= 0.6 is 0 Å². The number of benzene rings is 1. The van der Waals surface area contributed by atoms with Gasteiger partial charge in [-0.2, -0.15) is 0 Å². The Kier molecular flexibility index (Phi) is 5.54. The Morgan fingerprint density at radius 2 is 2.22 bits per heavy atom. The van der Waals surface area contributed by atoms with Gasteiger partial charge in [0.25, 0.3) is 5.69 Å². The van der Waals surface area contributed by atoms with Crippen molar-refractivity contribution in [3.05, 3.63) is 33.9 Å². The molecule has 0 spiro atoms. The average molecular weight is 254 g/mol. The van der Waals surface area contributed by atoms with Gasteiger partial charge in [0.15, 0.2) is 0 Å². The molecule has 0 aliphatic heterocycles. The van der Waals surface area contributed by atoms with E-state index in [0.29, 0.717) is 13.2 Å². The predicted molar refractivity (Wildman–Crippen MR) is 68.8 cm³/mol. The van der Waals surface area contributed by atoms with Crippen molar-refractivity contribution in [3.63, 3.8) is 0 Å². The second-order valence-electron chi connectivity index (χ2n) is 3.93. The van der Waals surface area contributed by atoms with Crippen LogP contribution in [0.2, 0.25) is 0 Å². The second kappa shape index (κ2) is 6.93. The Bertz CT molecular complexity index is 409. The van der Waals surface area contributed by atoms with Gasteiger partial charge in [0, 0.05) is 37.5 Å². The highest BCUT2D eigenvalue weighted by atomic mass is 16.6. The van der Waals surface area contributed by atoms with E-state index in [4.69, 9.17) is 9.47 Å². The zero-order valence-electron chi connectivity index (χ0n) is 10.8. The van der Waals surface area contributed by atoms with Crippen LogP contribution in [-0.4, -0.2) is 31.8 Å². The summed E-state index contributed by atoms with van der Waals surface area (Å²) in [6, 6.07) is 4.66. The highest BCUT2D eigenvalue weighted by Gasteiger charge is 2.11. The number of nitro benzene ring substituents is 1. The van der Waals surface area contributed by atoms with Gasteiger partial charge in [0.1, 0.15) is 0 Å². The van der Waals surface area contributed by atoms with Gasteiger partial charge in [0.2, 0.25) is 0 Å². The Morgan fingerprint density at radius 3 is 2.78 bits per heavy atom. The molecule has 6 nitrogen and oxygen atoms in total. The van der Waals surface area contributed by atoms with Crippen LogP contribution in [0.3, 0.4) is 0 Å². The minimum absolute atomic E-state index is 0.0565. The zero-order chi connectivity index (χ0) is 13.5. The molecule has 1 unspecified atom stereocenters. The van der Waals surface area contributed by atoms with Crippen molar-refractivity contribution in [1.29, 1.82) is 0 Å².